The predicted molar refractivity (Wildman–Crippen MR) is 112 cm³/mol. The van der Waals surface area contributed by atoms with Gasteiger partial charge in [-0.3, -0.25) is 19.2 Å². The summed E-state index contributed by atoms with van der Waals surface area (Å²) in [5.74, 6) is 0.581. The molecule has 2 atom stereocenters. The Morgan fingerprint density at radius 1 is 1.23 bits per heavy atom. The van der Waals surface area contributed by atoms with Gasteiger partial charge >= 0.3 is 0 Å². The van der Waals surface area contributed by atoms with Crippen LogP contribution in [-0.4, -0.2) is 55.3 Å². The molecule has 3 aromatic rings. The topological polar surface area (TPSA) is 89.4 Å². The van der Waals surface area contributed by atoms with Crippen molar-refractivity contribution in [3.8, 4) is 0 Å². The summed E-state index contributed by atoms with van der Waals surface area (Å²) in [6.45, 7) is 3.44. The molecule has 5 rings (SSSR count). The Morgan fingerprint density at radius 3 is 2.90 bits per heavy atom. The minimum absolute atomic E-state index is 0.0792. The van der Waals surface area contributed by atoms with E-state index in [0.29, 0.717) is 38.6 Å². The van der Waals surface area contributed by atoms with Gasteiger partial charge in [0.1, 0.15) is 12.8 Å². The van der Waals surface area contributed by atoms with E-state index in [-0.39, 0.29) is 23.9 Å². The van der Waals surface area contributed by atoms with Crippen LogP contribution in [0.3, 0.4) is 0 Å². The maximum absolute atomic E-state index is 13.2. The number of hydrogen-bond donors (Lipinski definition) is 0. The van der Waals surface area contributed by atoms with Gasteiger partial charge in [-0.15, -0.1) is 0 Å². The summed E-state index contributed by atoms with van der Waals surface area (Å²) < 4.78 is 8.48. The summed E-state index contributed by atoms with van der Waals surface area (Å²) >= 11 is 0. The first-order valence-corrected chi connectivity index (χ1v) is 10.6. The summed E-state index contributed by atoms with van der Waals surface area (Å²) in [6.07, 6.45) is 6.06. The molecule has 9 nitrogen and oxygen atoms in total. The Hall–Kier alpha value is -3.20. The molecule has 2 aliphatic heterocycles. The predicted octanol–water partition coefficient (Wildman–Crippen LogP) is 1.31. The zero-order chi connectivity index (χ0) is 21.4. The number of nitrogens with zero attached hydrogens (tertiary/aromatic N) is 6. The zero-order valence-electron chi connectivity index (χ0n) is 17.6. The van der Waals surface area contributed by atoms with Gasteiger partial charge in [0.2, 0.25) is 5.91 Å². The van der Waals surface area contributed by atoms with Gasteiger partial charge in [-0.1, -0.05) is 11.2 Å². The second-order valence-corrected chi connectivity index (χ2v) is 8.66. The Labute approximate surface area is 179 Å². The lowest BCUT2D eigenvalue weighted by atomic mass is 9.83. The van der Waals surface area contributed by atoms with Crippen molar-refractivity contribution in [3.05, 3.63) is 70.2 Å². The summed E-state index contributed by atoms with van der Waals surface area (Å²) in [5, 5.41) is 8.07. The largest absolute Gasteiger partial charge is 0.364 e. The number of pyridine rings is 1. The highest BCUT2D eigenvalue weighted by Gasteiger charge is 2.36. The number of rotatable bonds is 6. The Kier molecular flexibility index (Phi) is 5.19. The van der Waals surface area contributed by atoms with Gasteiger partial charge in [0.15, 0.2) is 0 Å². The van der Waals surface area contributed by atoms with Crippen molar-refractivity contribution >= 4 is 5.91 Å². The van der Waals surface area contributed by atoms with Crippen LogP contribution in [0.4, 0.5) is 0 Å². The highest BCUT2D eigenvalue weighted by Crippen LogP contribution is 2.35. The van der Waals surface area contributed by atoms with E-state index in [0.717, 1.165) is 23.4 Å². The third kappa shape index (κ3) is 4.05. The molecule has 1 fully saturated rings. The lowest BCUT2D eigenvalue weighted by Crippen LogP contribution is -2.50. The van der Waals surface area contributed by atoms with Crippen LogP contribution in [0, 0.1) is 5.92 Å². The van der Waals surface area contributed by atoms with Crippen molar-refractivity contribution in [3.63, 3.8) is 0 Å². The zero-order valence-corrected chi connectivity index (χ0v) is 17.6. The molecule has 162 valence electrons. The van der Waals surface area contributed by atoms with Crippen LogP contribution >= 0.6 is 0 Å². The quantitative estimate of drug-likeness (QED) is 0.595. The van der Waals surface area contributed by atoms with Gasteiger partial charge in [-0.05, 0) is 31.5 Å². The molecule has 9 heteroatoms. The molecule has 0 saturated carbocycles. The van der Waals surface area contributed by atoms with Gasteiger partial charge in [-0.2, -0.15) is 5.10 Å². The molecule has 0 aromatic carbocycles. The first-order valence-electron chi connectivity index (χ1n) is 10.6. The molecule has 31 heavy (non-hydrogen) atoms. The first-order chi connectivity index (χ1) is 15.1. The summed E-state index contributed by atoms with van der Waals surface area (Å²) in [4.78, 5) is 30.0. The van der Waals surface area contributed by atoms with Crippen molar-refractivity contribution in [2.24, 2.45) is 5.92 Å². The van der Waals surface area contributed by atoms with Gasteiger partial charge in [0.05, 0.1) is 5.69 Å². The SMILES string of the molecule is CN(Cc1ccon1)Cc1ccc2n(c1=O)C[C@H]1C[C@@H]2CN(C(=O)Cn2cccn2)C1. The number of aromatic nitrogens is 4. The first kappa shape index (κ1) is 19.7. The molecule has 5 heterocycles. The smallest absolute Gasteiger partial charge is 0.255 e. The summed E-state index contributed by atoms with van der Waals surface area (Å²) in [5.41, 5.74) is 2.74. The molecular weight excluding hydrogens is 396 g/mol. The minimum atomic E-state index is 0.0792. The Balaban J connectivity index is 1.30. The maximum atomic E-state index is 13.2. The van der Waals surface area contributed by atoms with Gasteiger partial charge in [0, 0.05) is 68.4 Å². The molecule has 0 spiro atoms. The van der Waals surface area contributed by atoms with Crippen LogP contribution in [-0.2, 0) is 31.0 Å². The molecule has 2 aliphatic rings. The fourth-order valence-electron chi connectivity index (χ4n) is 4.89. The van der Waals surface area contributed by atoms with Crippen LogP contribution in [0.1, 0.15) is 29.3 Å². The van der Waals surface area contributed by atoms with Crippen LogP contribution in [0.15, 0.2) is 52.2 Å². The number of amides is 1. The highest BCUT2D eigenvalue weighted by molar-refractivity contribution is 5.76. The molecule has 2 bridgehead atoms. The van der Waals surface area contributed by atoms with E-state index < -0.39 is 0 Å². The van der Waals surface area contributed by atoms with Crippen molar-refractivity contribution in [1.82, 2.24) is 29.3 Å². The van der Waals surface area contributed by atoms with E-state index in [2.05, 4.69) is 21.2 Å². The van der Waals surface area contributed by atoms with Crippen LogP contribution in [0.5, 0.6) is 0 Å². The maximum Gasteiger partial charge on any atom is 0.255 e. The molecule has 0 aliphatic carbocycles. The van der Waals surface area contributed by atoms with E-state index in [1.165, 1.54) is 0 Å². The third-order valence-electron chi connectivity index (χ3n) is 6.26. The van der Waals surface area contributed by atoms with E-state index in [9.17, 15) is 9.59 Å². The minimum Gasteiger partial charge on any atom is -0.364 e. The number of piperidine rings is 1. The van der Waals surface area contributed by atoms with E-state index in [1.807, 2.05) is 34.7 Å². The number of likely N-dealkylation sites (tertiary alicyclic amines) is 1. The fourth-order valence-corrected chi connectivity index (χ4v) is 4.89. The fraction of sp³-hybridized carbons (Fsp3) is 0.455. The average Bonchev–Trinajstić information content (AvgIpc) is 3.44. The second-order valence-electron chi connectivity index (χ2n) is 8.66. The lowest BCUT2D eigenvalue weighted by Gasteiger charge is -2.43. The van der Waals surface area contributed by atoms with Gasteiger partial charge in [-0.25, -0.2) is 0 Å². The molecule has 3 aromatic heterocycles. The highest BCUT2D eigenvalue weighted by atomic mass is 16.5. The van der Waals surface area contributed by atoms with E-state index >= 15 is 0 Å². The number of carbonyl (C=O) groups is 1. The van der Waals surface area contributed by atoms with Crippen LogP contribution < -0.4 is 5.56 Å². The van der Waals surface area contributed by atoms with Gasteiger partial charge in [0.25, 0.3) is 5.56 Å². The molecule has 1 saturated heterocycles. The van der Waals surface area contributed by atoms with Gasteiger partial charge < -0.3 is 14.0 Å². The molecule has 1 amide bonds. The molecule has 0 N–H and O–H groups in total. The van der Waals surface area contributed by atoms with Crippen molar-refractivity contribution < 1.29 is 9.32 Å². The molecule has 0 radical (unpaired) electrons. The van der Waals surface area contributed by atoms with Crippen molar-refractivity contribution in [1.29, 1.82) is 0 Å². The number of hydrogen-bond acceptors (Lipinski definition) is 6. The normalized spacial score (nSPS) is 20.1. The third-order valence-corrected chi connectivity index (χ3v) is 6.26. The second kappa shape index (κ2) is 8.14. The standard InChI is InChI=1S/C22H26N6O3/c1-25(14-19-5-8-31-24-19)12-17-3-4-20-18-9-16(11-28(20)22(17)30)10-26(13-18)21(29)15-27-7-2-6-23-27/h2-8,16,18H,9-15H2,1H3/t16-,18+/m0/s1. The van der Waals surface area contributed by atoms with Crippen LogP contribution in [0.25, 0.3) is 0 Å². The lowest BCUT2D eigenvalue weighted by molar-refractivity contribution is -0.134. The van der Waals surface area contributed by atoms with E-state index in [4.69, 9.17) is 4.52 Å². The Morgan fingerprint density at radius 2 is 2.13 bits per heavy atom. The average molecular weight is 422 g/mol. The Bertz CT molecular complexity index is 1100. The van der Waals surface area contributed by atoms with E-state index in [1.54, 1.807) is 23.3 Å². The summed E-state index contributed by atoms with van der Waals surface area (Å²) in [6, 6.07) is 7.67. The van der Waals surface area contributed by atoms with Crippen molar-refractivity contribution in [2.75, 3.05) is 20.1 Å². The monoisotopic (exact) mass is 422 g/mol. The molecular formula is C22H26N6O3. The van der Waals surface area contributed by atoms with Crippen LogP contribution in [0.2, 0.25) is 0 Å². The number of fused-ring (bicyclic) bond motifs is 4. The summed E-state index contributed by atoms with van der Waals surface area (Å²) in [7, 11) is 1.97. The number of carbonyl (C=O) groups excluding carboxylic acids is 1. The van der Waals surface area contributed by atoms with Crippen molar-refractivity contribution in [2.45, 2.75) is 38.5 Å². The molecule has 0 unspecified atom stereocenters.